The average molecular weight is 272 g/mol. The lowest BCUT2D eigenvalue weighted by molar-refractivity contribution is -0.0383. The highest BCUT2D eigenvalue weighted by molar-refractivity contribution is 5.75. The van der Waals surface area contributed by atoms with Crippen LogP contribution in [0.1, 0.15) is 34.6 Å². The van der Waals surface area contributed by atoms with Gasteiger partial charge in [-0.1, -0.05) is 13.8 Å². The Bertz CT molecular complexity index is 284. The summed E-state index contributed by atoms with van der Waals surface area (Å²) < 4.78 is 11.1. The van der Waals surface area contributed by atoms with Crippen molar-refractivity contribution >= 4 is 6.03 Å². The summed E-state index contributed by atoms with van der Waals surface area (Å²) >= 11 is 0. The van der Waals surface area contributed by atoms with Crippen LogP contribution in [0.5, 0.6) is 0 Å². The Morgan fingerprint density at radius 1 is 1.37 bits per heavy atom. The van der Waals surface area contributed by atoms with Gasteiger partial charge in [0.1, 0.15) is 0 Å². The maximum Gasteiger partial charge on any atom is 0.318 e. The van der Waals surface area contributed by atoms with Gasteiger partial charge in [0.25, 0.3) is 0 Å². The normalized spacial score (nSPS) is 25.5. The van der Waals surface area contributed by atoms with Gasteiger partial charge in [-0.3, -0.25) is 0 Å². The number of rotatable bonds is 5. The van der Waals surface area contributed by atoms with E-state index >= 15 is 0 Å². The second-order valence-corrected chi connectivity index (χ2v) is 5.79. The van der Waals surface area contributed by atoms with Crippen molar-refractivity contribution in [2.45, 2.75) is 52.8 Å². The van der Waals surface area contributed by atoms with E-state index in [1.807, 2.05) is 25.7 Å². The van der Waals surface area contributed by atoms with Crippen LogP contribution in [0.4, 0.5) is 4.79 Å². The molecule has 1 fully saturated rings. The molecule has 0 aromatic carbocycles. The Morgan fingerprint density at radius 3 is 2.68 bits per heavy atom. The Kier molecular flexibility index (Phi) is 6.58. The van der Waals surface area contributed by atoms with Crippen LogP contribution < -0.4 is 5.32 Å². The van der Waals surface area contributed by atoms with Gasteiger partial charge in [0.2, 0.25) is 0 Å². The quantitative estimate of drug-likeness (QED) is 0.831. The number of carbonyl (C=O) groups is 1. The molecular weight excluding hydrogens is 244 g/mol. The van der Waals surface area contributed by atoms with Gasteiger partial charge in [0.05, 0.1) is 31.4 Å². The number of hydrogen-bond acceptors (Lipinski definition) is 3. The standard InChI is InChI=1S/C14H28N2O3/c1-10(2)8-18-9-11(3)15-14(17)16-6-7-19-13(5)12(16)4/h10-13H,6-9H2,1-5H3,(H,15,17)/t11-,12-,13+/m0/s1. The maximum atomic E-state index is 12.2. The van der Waals surface area contributed by atoms with Crippen LogP contribution in [-0.2, 0) is 9.47 Å². The van der Waals surface area contributed by atoms with Gasteiger partial charge >= 0.3 is 6.03 Å². The molecule has 0 bridgehead atoms. The summed E-state index contributed by atoms with van der Waals surface area (Å²) in [6.07, 6.45) is 0.0898. The van der Waals surface area contributed by atoms with Gasteiger partial charge in [-0.2, -0.15) is 0 Å². The minimum Gasteiger partial charge on any atom is -0.379 e. The van der Waals surface area contributed by atoms with Crippen molar-refractivity contribution in [2.75, 3.05) is 26.4 Å². The molecule has 1 aliphatic rings. The number of carbonyl (C=O) groups excluding carboxylic acids is 1. The van der Waals surface area contributed by atoms with Gasteiger partial charge < -0.3 is 19.7 Å². The highest BCUT2D eigenvalue weighted by Crippen LogP contribution is 2.13. The van der Waals surface area contributed by atoms with E-state index in [2.05, 4.69) is 19.2 Å². The topological polar surface area (TPSA) is 50.8 Å². The monoisotopic (exact) mass is 272 g/mol. The summed E-state index contributed by atoms with van der Waals surface area (Å²) in [6.45, 7) is 12.7. The van der Waals surface area contributed by atoms with Crippen molar-refractivity contribution in [3.63, 3.8) is 0 Å². The second-order valence-electron chi connectivity index (χ2n) is 5.79. The Labute approximate surface area is 116 Å². The van der Waals surface area contributed by atoms with Crippen molar-refractivity contribution in [1.82, 2.24) is 10.2 Å². The molecule has 0 saturated carbocycles. The molecule has 0 aromatic heterocycles. The highest BCUT2D eigenvalue weighted by atomic mass is 16.5. The van der Waals surface area contributed by atoms with Crippen LogP contribution in [0.25, 0.3) is 0 Å². The van der Waals surface area contributed by atoms with Crippen LogP contribution in [0.3, 0.4) is 0 Å². The van der Waals surface area contributed by atoms with Gasteiger partial charge in [-0.25, -0.2) is 4.79 Å². The lowest BCUT2D eigenvalue weighted by Gasteiger charge is -2.38. The van der Waals surface area contributed by atoms with E-state index < -0.39 is 0 Å². The third-order valence-electron chi connectivity index (χ3n) is 3.33. The number of morpholine rings is 1. The van der Waals surface area contributed by atoms with E-state index in [0.29, 0.717) is 25.7 Å². The van der Waals surface area contributed by atoms with Crippen LogP contribution in [-0.4, -0.2) is 55.5 Å². The van der Waals surface area contributed by atoms with Crippen molar-refractivity contribution in [3.05, 3.63) is 0 Å². The molecule has 1 saturated heterocycles. The van der Waals surface area contributed by atoms with Crippen LogP contribution in [0, 0.1) is 5.92 Å². The van der Waals surface area contributed by atoms with E-state index in [0.717, 1.165) is 6.61 Å². The summed E-state index contributed by atoms with van der Waals surface area (Å²) in [5, 5.41) is 2.98. The minimum atomic E-state index is -0.0247. The average Bonchev–Trinajstić information content (AvgIpc) is 2.31. The van der Waals surface area contributed by atoms with E-state index in [9.17, 15) is 4.79 Å². The first-order chi connectivity index (χ1) is 8.91. The smallest absolute Gasteiger partial charge is 0.318 e. The highest BCUT2D eigenvalue weighted by Gasteiger charge is 2.29. The predicted molar refractivity (Wildman–Crippen MR) is 75.2 cm³/mol. The third kappa shape index (κ3) is 5.37. The SMILES string of the molecule is CC(C)COC[C@H](C)NC(=O)N1CCO[C@H](C)[C@@H]1C. The molecule has 0 radical (unpaired) electrons. The summed E-state index contributed by atoms with van der Waals surface area (Å²) in [6, 6.07) is 0.109. The number of ether oxygens (including phenoxy) is 2. The molecule has 1 rings (SSSR count). The summed E-state index contributed by atoms with van der Waals surface area (Å²) in [7, 11) is 0. The molecule has 0 unspecified atom stereocenters. The first-order valence-electron chi connectivity index (χ1n) is 7.18. The molecule has 5 nitrogen and oxygen atoms in total. The molecule has 5 heteroatoms. The number of hydrogen-bond donors (Lipinski definition) is 1. The maximum absolute atomic E-state index is 12.2. The zero-order chi connectivity index (χ0) is 14.4. The summed E-state index contributed by atoms with van der Waals surface area (Å²) in [5.74, 6) is 0.517. The third-order valence-corrected chi connectivity index (χ3v) is 3.33. The zero-order valence-electron chi connectivity index (χ0n) is 12.8. The molecule has 19 heavy (non-hydrogen) atoms. The number of nitrogens with zero attached hydrogens (tertiary/aromatic N) is 1. The van der Waals surface area contributed by atoms with Crippen LogP contribution >= 0.6 is 0 Å². The molecule has 2 amide bonds. The molecule has 0 aromatic rings. The molecular formula is C14H28N2O3. The van der Waals surface area contributed by atoms with E-state index in [1.54, 1.807) is 0 Å². The molecule has 1 N–H and O–H groups in total. The molecule has 1 heterocycles. The fraction of sp³-hybridized carbons (Fsp3) is 0.929. The van der Waals surface area contributed by atoms with Crippen molar-refractivity contribution in [2.24, 2.45) is 5.92 Å². The van der Waals surface area contributed by atoms with Gasteiger partial charge in [0, 0.05) is 13.2 Å². The second kappa shape index (κ2) is 7.70. The van der Waals surface area contributed by atoms with Gasteiger partial charge in [0.15, 0.2) is 0 Å². The van der Waals surface area contributed by atoms with Crippen molar-refractivity contribution < 1.29 is 14.3 Å². The largest absolute Gasteiger partial charge is 0.379 e. The first kappa shape index (κ1) is 16.2. The fourth-order valence-corrected chi connectivity index (χ4v) is 2.04. The lowest BCUT2D eigenvalue weighted by atomic mass is 10.1. The minimum absolute atomic E-state index is 0.0246. The van der Waals surface area contributed by atoms with Crippen LogP contribution in [0.15, 0.2) is 0 Å². The number of nitrogens with one attached hydrogen (secondary N) is 1. The Morgan fingerprint density at radius 2 is 2.05 bits per heavy atom. The van der Waals surface area contributed by atoms with E-state index in [1.165, 1.54) is 0 Å². The molecule has 3 atom stereocenters. The Hall–Kier alpha value is -0.810. The van der Waals surface area contributed by atoms with Crippen LogP contribution in [0.2, 0.25) is 0 Å². The number of amides is 2. The lowest BCUT2D eigenvalue weighted by Crippen LogP contribution is -2.56. The predicted octanol–water partition coefficient (Wildman–Crippen LogP) is 1.87. The van der Waals surface area contributed by atoms with Crippen molar-refractivity contribution in [1.29, 1.82) is 0 Å². The molecule has 1 aliphatic heterocycles. The summed E-state index contributed by atoms with van der Waals surface area (Å²) in [4.78, 5) is 14.0. The van der Waals surface area contributed by atoms with E-state index in [-0.39, 0.29) is 24.2 Å². The zero-order valence-corrected chi connectivity index (χ0v) is 12.8. The number of urea groups is 1. The summed E-state index contributed by atoms with van der Waals surface area (Å²) in [5.41, 5.74) is 0. The van der Waals surface area contributed by atoms with Crippen molar-refractivity contribution in [3.8, 4) is 0 Å². The molecule has 112 valence electrons. The van der Waals surface area contributed by atoms with Gasteiger partial charge in [-0.15, -0.1) is 0 Å². The molecule has 0 spiro atoms. The molecule has 0 aliphatic carbocycles. The Balaban J connectivity index is 2.32. The van der Waals surface area contributed by atoms with Gasteiger partial charge in [-0.05, 0) is 26.7 Å². The fourth-order valence-electron chi connectivity index (χ4n) is 2.04. The first-order valence-corrected chi connectivity index (χ1v) is 7.18. The van der Waals surface area contributed by atoms with E-state index in [4.69, 9.17) is 9.47 Å².